The monoisotopic (exact) mass is 282 g/mol. The van der Waals surface area contributed by atoms with E-state index in [4.69, 9.17) is 9.47 Å². The maximum absolute atomic E-state index is 11.2. The summed E-state index contributed by atoms with van der Waals surface area (Å²) in [6.07, 6.45) is 10.0. The van der Waals surface area contributed by atoms with Gasteiger partial charge in [0, 0.05) is 26.6 Å². The van der Waals surface area contributed by atoms with E-state index in [1.54, 1.807) is 0 Å². The summed E-state index contributed by atoms with van der Waals surface area (Å²) >= 11 is 0. The standard InChI is InChI=1S/C17H30O3/c1-3-15(18)5-4-12-20-14-17-9-6-16(7-10-17,8-11-17)13-19-2/h3-14H2,1-2H3. The Morgan fingerprint density at radius 2 is 1.55 bits per heavy atom. The smallest absolute Gasteiger partial charge is 0.132 e. The normalized spacial score (nSPS) is 32.5. The largest absolute Gasteiger partial charge is 0.384 e. The topological polar surface area (TPSA) is 35.5 Å². The molecule has 3 saturated carbocycles. The molecule has 3 heteroatoms. The number of ether oxygens (including phenoxy) is 2. The third-order valence-electron chi connectivity index (χ3n) is 5.55. The van der Waals surface area contributed by atoms with E-state index in [-0.39, 0.29) is 0 Å². The van der Waals surface area contributed by atoms with Crippen molar-refractivity contribution in [3.63, 3.8) is 0 Å². The molecule has 3 nitrogen and oxygen atoms in total. The van der Waals surface area contributed by atoms with Crippen LogP contribution in [-0.4, -0.2) is 32.7 Å². The van der Waals surface area contributed by atoms with Gasteiger partial charge in [-0.1, -0.05) is 6.92 Å². The number of ketones is 1. The van der Waals surface area contributed by atoms with Gasteiger partial charge in [-0.15, -0.1) is 0 Å². The number of carbonyl (C=O) groups excluding carboxylic acids is 1. The van der Waals surface area contributed by atoms with Crippen molar-refractivity contribution < 1.29 is 14.3 Å². The van der Waals surface area contributed by atoms with Gasteiger partial charge < -0.3 is 9.47 Å². The minimum Gasteiger partial charge on any atom is -0.384 e. The molecule has 0 heterocycles. The minimum atomic E-state index is 0.353. The third kappa shape index (κ3) is 3.82. The fourth-order valence-electron chi connectivity index (χ4n) is 3.92. The molecule has 3 fully saturated rings. The van der Waals surface area contributed by atoms with Crippen molar-refractivity contribution in [1.82, 2.24) is 0 Å². The molecule has 116 valence electrons. The summed E-state index contributed by atoms with van der Waals surface area (Å²) in [7, 11) is 1.83. The summed E-state index contributed by atoms with van der Waals surface area (Å²) in [5, 5.41) is 0. The van der Waals surface area contributed by atoms with E-state index in [0.717, 1.165) is 26.2 Å². The molecule has 0 aromatic carbocycles. The van der Waals surface area contributed by atoms with E-state index in [9.17, 15) is 4.79 Å². The maximum Gasteiger partial charge on any atom is 0.132 e. The fourth-order valence-corrected chi connectivity index (χ4v) is 3.92. The van der Waals surface area contributed by atoms with Gasteiger partial charge >= 0.3 is 0 Å². The predicted octanol–water partition coefficient (Wildman–Crippen LogP) is 3.75. The highest BCUT2D eigenvalue weighted by molar-refractivity contribution is 5.77. The fraction of sp³-hybridized carbons (Fsp3) is 0.941. The van der Waals surface area contributed by atoms with Crippen LogP contribution in [0.4, 0.5) is 0 Å². The molecule has 0 unspecified atom stereocenters. The molecule has 2 bridgehead atoms. The van der Waals surface area contributed by atoms with Crippen LogP contribution in [-0.2, 0) is 14.3 Å². The number of hydrogen-bond acceptors (Lipinski definition) is 3. The molecule has 0 saturated heterocycles. The van der Waals surface area contributed by atoms with Crippen molar-refractivity contribution in [1.29, 1.82) is 0 Å². The highest BCUT2D eigenvalue weighted by Crippen LogP contribution is 2.56. The van der Waals surface area contributed by atoms with Gasteiger partial charge in [-0.2, -0.15) is 0 Å². The SMILES string of the molecule is CCC(=O)CCCOCC12CCC(COC)(CC1)CC2. The van der Waals surface area contributed by atoms with E-state index in [0.29, 0.717) is 29.5 Å². The second-order valence-corrected chi connectivity index (χ2v) is 6.98. The zero-order valence-electron chi connectivity index (χ0n) is 13.2. The van der Waals surface area contributed by atoms with Crippen molar-refractivity contribution in [3.05, 3.63) is 0 Å². The first-order valence-electron chi connectivity index (χ1n) is 8.22. The van der Waals surface area contributed by atoms with Crippen molar-refractivity contribution in [2.75, 3.05) is 26.9 Å². The van der Waals surface area contributed by atoms with Crippen molar-refractivity contribution in [2.24, 2.45) is 10.8 Å². The molecular formula is C17H30O3. The van der Waals surface area contributed by atoms with Crippen LogP contribution in [0.2, 0.25) is 0 Å². The number of carbonyl (C=O) groups is 1. The van der Waals surface area contributed by atoms with Gasteiger partial charge in [0.1, 0.15) is 5.78 Å². The summed E-state index contributed by atoms with van der Waals surface area (Å²) in [4.78, 5) is 11.2. The third-order valence-corrected chi connectivity index (χ3v) is 5.55. The first kappa shape index (κ1) is 16.0. The summed E-state index contributed by atoms with van der Waals surface area (Å²) in [6.45, 7) is 4.51. The molecule has 0 aromatic heterocycles. The molecule has 0 N–H and O–H groups in total. The Labute approximate surface area is 123 Å². The Bertz CT molecular complexity index is 300. The van der Waals surface area contributed by atoms with Crippen LogP contribution in [0.15, 0.2) is 0 Å². The van der Waals surface area contributed by atoms with E-state index in [2.05, 4.69) is 0 Å². The van der Waals surface area contributed by atoms with E-state index < -0.39 is 0 Å². The highest BCUT2D eigenvalue weighted by atomic mass is 16.5. The summed E-state index contributed by atoms with van der Waals surface area (Å²) < 4.78 is 11.3. The van der Waals surface area contributed by atoms with Gasteiger partial charge in [0.05, 0.1) is 13.2 Å². The van der Waals surface area contributed by atoms with Gasteiger partial charge in [-0.25, -0.2) is 0 Å². The average molecular weight is 282 g/mol. The lowest BCUT2D eigenvalue weighted by Gasteiger charge is -2.53. The molecule has 0 aliphatic heterocycles. The zero-order chi connectivity index (χ0) is 14.5. The molecule has 0 aromatic rings. The van der Waals surface area contributed by atoms with Crippen LogP contribution in [0.5, 0.6) is 0 Å². The van der Waals surface area contributed by atoms with E-state index >= 15 is 0 Å². The molecule has 0 radical (unpaired) electrons. The average Bonchev–Trinajstić information content (AvgIpc) is 2.49. The van der Waals surface area contributed by atoms with Crippen LogP contribution in [0.25, 0.3) is 0 Å². The second-order valence-electron chi connectivity index (χ2n) is 6.98. The van der Waals surface area contributed by atoms with Gasteiger partial charge in [-0.05, 0) is 55.8 Å². The molecular weight excluding hydrogens is 252 g/mol. The Morgan fingerprint density at radius 1 is 1.00 bits per heavy atom. The van der Waals surface area contributed by atoms with Gasteiger partial charge in [0.15, 0.2) is 0 Å². The molecule has 20 heavy (non-hydrogen) atoms. The van der Waals surface area contributed by atoms with Crippen molar-refractivity contribution in [2.45, 2.75) is 64.7 Å². The second kappa shape index (κ2) is 7.04. The number of Topliss-reactive ketones (excluding diaryl/α,β-unsaturated/α-hetero) is 1. The summed E-state index contributed by atoms with van der Waals surface area (Å²) in [5.41, 5.74) is 0.911. The maximum atomic E-state index is 11.2. The van der Waals surface area contributed by atoms with Crippen LogP contribution in [0, 0.1) is 10.8 Å². The molecule has 0 atom stereocenters. The van der Waals surface area contributed by atoms with Crippen molar-refractivity contribution >= 4 is 5.78 Å². The van der Waals surface area contributed by atoms with Crippen LogP contribution in [0.3, 0.4) is 0 Å². The molecule has 3 aliphatic rings. The first-order chi connectivity index (χ1) is 9.64. The lowest BCUT2D eigenvalue weighted by Crippen LogP contribution is -2.45. The van der Waals surface area contributed by atoms with Crippen LogP contribution < -0.4 is 0 Å². The highest BCUT2D eigenvalue weighted by Gasteiger charge is 2.48. The number of fused-ring (bicyclic) bond motifs is 3. The van der Waals surface area contributed by atoms with Crippen LogP contribution in [0.1, 0.15) is 64.7 Å². The summed E-state index contributed by atoms with van der Waals surface area (Å²) in [6, 6.07) is 0. The Hall–Kier alpha value is -0.410. The molecule has 3 aliphatic carbocycles. The number of rotatable bonds is 9. The first-order valence-corrected chi connectivity index (χ1v) is 8.22. The van der Waals surface area contributed by atoms with Gasteiger partial charge in [0.25, 0.3) is 0 Å². The van der Waals surface area contributed by atoms with Gasteiger partial charge in [-0.3, -0.25) is 4.79 Å². The number of hydrogen-bond donors (Lipinski definition) is 0. The number of methoxy groups -OCH3 is 1. The molecule has 0 spiro atoms. The lowest BCUT2D eigenvalue weighted by atomic mass is 9.54. The van der Waals surface area contributed by atoms with E-state index in [1.807, 2.05) is 14.0 Å². The summed E-state index contributed by atoms with van der Waals surface area (Å²) in [5.74, 6) is 0.353. The van der Waals surface area contributed by atoms with Gasteiger partial charge in [0.2, 0.25) is 0 Å². The Kier molecular flexibility index (Phi) is 5.62. The predicted molar refractivity (Wildman–Crippen MR) is 79.8 cm³/mol. The Balaban J connectivity index is 1.66. The zero-order valence-corrected chi connectivity index (χ0v) is 13.2. The minimum absolute atomic E-state index is 0.353. The quantitative estimate of drug-likeness (QED) is 0.604. The molecule has 0 amide bonds. The van der Waals surface area contributed by atoms with E-state index in [1.165, 1.54) is 38.5 Å². The van der Waals surface area contributed by atoms with Crippen molar-refractivity contribution in [3.8, 4) is 0 Å². The lowest BCUT2D eigenvalue weighted by molar-refractivity contribution is -0.119. The Morgan fingerprint density at radius 3 is 2.05 bits per heavy atom. The molecule has 3 rings (SSSR count). The van der Waals surface area contributed by atoms with Crippen LogP contribution >= 0.6 is 0 Å².